The highest BCUT2D eigenvalue weighted by atomic mass is 15.3. The van der Waals surface area contributed by atoms with E-state index in [0.717, 1.165) is 24.1 Å². The van der Waals surface area contributed by atoms with Gasteiger partial charge in [-0.1, -0.05) is 32.8 Å². The molecule has 4 heteroatoms. The summed E-state index contributed by atoms with van der Waals surface area (Å²) < 4.78 is 1.86. The summed E-state index contributed by atoms with van der Waals surface area (Å²) in [5.74, 6) is 1.51. The van der Waals surface area contributed by atoms with E-state index in [2.05, 4.69) is 42.2 Å². The van der Waals surface area contributed by atoms with Crippen LogP contribution in [0.2, 0.25) is 0 Å². The van der Waals surface area contributed by atoms with Gasteiger partial charge in [0.15, 0.2) is 5.65 Å². The lowest BCUT2D eigenvalue weighted by Gasteiger charge is -2.30. The highest BCUT2D eigenvalue weighted by Crippen LogP contribution is 2.43. The number of nitrogens with one attached hydrogen (secondary N) is 1. The zero-order chi connectivity index (χ0) is 14.9. The Labute approximate surface area is 127 Å². The number of rotatable bonds is 5. The number of aryl methyl sites for hydroxylation is 1. The van der Waals surface area contributed by atoms with E-state index in [1.165, 1.54) is 37.7 Å². The molecule has 0 radical (unpaired) electrons. The standard InChI is InChI=1S/C17H26N4/c1-13(2)10-17(8-4-5-9-17)12-18-16-19-15-7-6-14(3)11-21(15)20-16/h6-7,11,13H,4-5,8-10,12H2,1-3H3,(H,18,20). The van der Waals surface area contributed by atoms with Crippen LogP contribution in [-0.2, 0) is 0 Å². The molecule has 21 heavy (non-hydrogen) atoms. The molecule has 0 bridgehead atoms. The molecule has 1 N–H and O–H groups in total. The maximum atomic E-state index is 4.57. The number of hydrogen-bond donors (Lipinski definition) is 1. The van der Waals surface area contributed by atoms with Gasteiger partial charge in [-0.25, -0.2) is 4.52 Å². The number of anilines is 1. The molecule has 0 saturated heterocycles. The zero-order valence-electron chi connectivity index (χ0n) is 13.4. The molecule has 3 rings (SSSR count). The van der Waals surface area contributed by atoms with Crippen molar-refractivity contribution in [3.05, 3.63) is 23.9 Å². The van der Waals surface area contributed by atoms with Gasteiger partial charge in [-0.05, 0) is 49.1 Å². The Morgan fingerprint density at radius 2 is 2.05 bits per heavy atom. The molecule has 1 fully saturated rings. The molecular weight excluding hydrogens is 260 g/mol. The number of nitrogens with zero attached hydrogens (tertiary/aromatic N) is 3. The second kappa shape index (κ2) is 5.66. The Bertz CT molecular complexity index is 608. The average molecular weight is 286 g/mol. The molecular formula is C17H26N4. The first kappa shape index (κ1) is 14.4. The van der Waals surface area contributed by atoms with Gasteiger partial charge in [0.2, 0.25) is 5.95 Å². The van der Waals surface area contributed by atoms with Gasteiger partial charge in [0.05, 0.1) is 0 Å². The van der Waals surface area contributed by atoms with E-state index in [0.29, 0.717) is 5.41 Å². The first-order chi connectivity index (χ1) is 10.1. The highest BCUT2D eigenvalue weighted by molar-refractivity contribution is 5.44. The summed E-state index contributed by atoms with van der Waals surface area (Å²) in [6.07, 6.45) is 8.73. The first-order valence-electron chi connectivity index (χ1n) is 8.13. The lowest BCUT2D eigenvalue weighted by atomic mass is 9.78. The molecule has 0 amide bonds. The lowest BCUT2D eigenvalue weighted by Crippen LogP contribution is -2.28. The Morgan fingerprint density at radius 3 is 2.76 bits per heavy atom. The smallest absolute Gasteiger partial charge is 0.243 e. The SMILES string of the molecule is Cc1ccc2nc(NCC3(CC(C)C)CCCC3)nn2c1. The van der Waals surface area contributed by atoms with Crippen LogP contribution >= 0.6 is 0 Å². The molecule has 2 aromatic heterocycles. The van der Waals surface area contributed by atoms with Crippen LogP contribution in [0.5, 0.6) is 0 Å². The molecule has 1 aliphatic rings. The number of aromatic nitrogens is 3. The Balaban J connectivity index is 1.72. The van der Waals surface area contributed by atoms with Crippen LogP contribution < -0.4 is 5.32 Å². The summed E-state index contributed by atoms with van der Waals surface area (Å²) in [5, 5.41) is 8.04. The van der Waals surface area contributed by atoms with Crippen molar-refractivity contribution in [2.75, 3.05) is 11.9 Å². The molecule has 1 aliphatic carbocycles. The first-order valence-corrected chi connectivity index (χ1v) is 8.13. The molecule has 0 spiro atoms. The van der Waals surface area contributed by atoms with Gasteiger partial charge in [-0.2, -0.15) is 4.98 Å². The second-order valence-corrected chi connectivity index (χ2v) is 7.10. The van der Waals surface area contributed by atoms with E-state index >= 15 is 0 Å². The summed E-state index contributed by atoms with van der Waals surface area (Å²) in [6, 6.07) is 4.10. The Kier molecular flexibility index (Phi) is 3.87. The summed E-state index contributed by atoms with van der Waals surface area (Å²) in [5.41, 5.74) is 2.56. The molecule has 2 aromatic rings. The van der Waals surface area contributed by atoms with E-state index in [1.807, 2.05) is 16.8 Å². The minimum Gasteiger partial charge on any atom is -0.352 e. The van der Waals surface area contributed by atoms with Gasteiger partial charge in [-0.3, -0.25) is 0 Å². The fourth-order valence-electron chi connectivity index (χ4n) is 3.77. The van der Waals surface area contributed by atoms with Crippen molar-refractivity contribution in [1.82, 2.24) is 14.6 Å². The summed E-state index contributed by atoms with van der Waals surface area (Å²) in [4.78, 5) is 4.57. The van der Waals surface area contributed by atoms with Crippen LogP contribution in [0.3, 0.4) is 0 Å². The third-order valence-corrected chi connectivity index (χ3v) is 4.61. The van der Waals surface area contributed by atoms with E-state index in [1.54, 1.807) is 0 Å². The average Bonchev–Trinajstić information content (AvgIpc) is 3.02. The molecule has 0 unspecified atom stereocenters. The molecule has 2 heterocycles. The van der Waals surface area contributed by atoms with Crippen molar-refractivity contribution < 1.29 is 0 Å². The lowest BCUT2D eigenvalue weighted by molar-refractivity contribution is 0.252. The van der Waals surface area contributed by atoms with Crippen LogP contribution in [0.15, 0.2) is 18.3 Å². The number of pyridine rings is 1. The predicted molar refractivity (Wildman–Crippen MR) is 86.6 cm³/mol. The van der Waals surface area contributed by atoms with Gasteiger partial charge < -0.3 is 5.32 Å². The fourth-order valence-corrected chi connectivity index (χ4v) is 3.77. The molecule has 4 nitrogen and oxygen atoms in total. The maximum absolute atomic E-state index is 4.57. The van der Waals surface area contributed by atoms with Crippen molar-refractivity contribution in [1.29, 1.82) is 0 Å². The second-order valence-electron chi connectivity index (χ2n) is 7.10. The fraction of sp³-hybridized carbons (Fsp3) is 0.647. The van der Waals surface area contributed by atoms with E-state index in [4.69, 9.17) is 0 Å². The van der Waals surface area contributed by atoms with E-state index < -0.39 is 0 Å². The van der Waals surface area contributed by atoms with Crippen molar-refractivity contribution in [3.8, 4) is 0 Å². The monoisotopic (exact) mass is 286 g/mol. The Morgan fingerprint density at radius 1 is 1.29 bits per heavy atom. The third-order valence-electron chi connectivity index (χ3n) is 4.61. The quantitative estimate of drug-likeness (QED) is 0.901. The van der Waals surface area contributed by atoms with Crippen LogP contribution in [0, 0.1) is 18.3 Å². The third kappa shape index (κ3) is 3.20. The predicted octanol–water partition coefficient (Wildman–Crippen LogP) is 4.06. The van der Waals surface area contributed by atoms with Crippen LogP contribution in [-0.4, -0.2) is 21.1 Å². The molecule has 0 aliphatic heterocycles. The summed E-state index contributed by atoms with van der Waals surface area (Å²) >= 11 is 0. The van der Waals surface area contributed by atoms with Crippen molar-refractivity contribution in [3.63, 3.8) is 0 Å². The van der Waals surface area contributed by atoms with Crippen molar-refractivity contribution >= 4 is 11.6 Å². The van der Waals surface area contributed by atoms with Crippen LogP contribution in [0.1, 0.15) is 51.5 Å². The van der Waals surface area contributed by atoms with Crippen molar-refractivity contribution in [2.24, 2.45) is 11.3 Å². The molecule has 114 valence electrons. The molecule has 0 aromatic carbocycles. The minimum atomic E-state index is 0.446. The minimum absolute atomic E-state index is 0.446. The number of hydrogen-bond acceptors (Lipinski definition) is 3. The maximum Gasteiger partial charge on any atom is 0.243 e. The summed E-state index contributed by atoms with van der Waals surface area (Å²) in [7, 11) is 0. The van der Waals surface area contributed by atoms with Gasteiger partial charge >= 0.3 is 0 Å². The van der Waals surface area contributed by atoms with Gasteiger partial charge in [0.25, 0.3) is 0 Å². The van der Waals surface area contributed by atoms with Gasteiger partial charge in [0, 0.05) is 12.7 Å². The van der Waals surface area contributed by atoms with E-state index in [-0.39, 0.29) is 0 Å². The normalized spacial score (nSPS) is 17.7. The number of fused-ring (bicyclic) bond motifs is 1. The van der Waals surface area contributed by atoms with Crippen molar-refractivity contribution in [2.45, 2.75) is 52.9 Å². The topological polar surface area (TPSA) is 42.2 Å². The van der Waals surface area contributed by atoms with Gasteiger partial charge in [-0.15, -0.1) is 5.10 Å². The van der Waals surface area contributed by atoms with Gasteiger partial charge in [0.1, 0.15) is 0 Å². The Hall–Kier alpha value is -1.58. The van der Waals surface area contributed by atoms with E-state index in [9.17, 15) is 0 Å². The van der Waals surface area contributed by atoms with Crippen LogP contribution in [0.4, 0.5) is 5.95 Å². The highest BCUT2D eigenvalue weighted by Gasteiger charge is 2.34. The molecule has 1 saturated carbocycles. The zero-order valence-corrected chi connectivity index (χ0v) is 13.4. The molecule has 0 atom stereocenters. The summed E-state index contributed by atoms with van der Waals surface area (Å²) in [6.45, 7) is 7.73. The van der Waals surface area contributed by atoms with Crippen LogP contribution in [0.25, 0.3) is 5.65 Å². The largest absolute Gasteiger partial charge is 0.352 e.